The van der Waals surface area contributed by atoms with Crippen LogP contribution in [-0.4, -0.2) is 22.4 Å². The number of nitrogens with one attached hydrogen (secondary N) is 1. The molecule has 0 amide bonds. The highest BCUT2D eigenvalue weighted by Crippen LogP contribution is 2.35. The van der Waals surface area contributed by atoms with Gasteiger partial charge >= 0.3 is 6.18 Å². The van der Waals surface area contributed by atoms with Crippen molar-refractivity contribution in [2.75, 3.05) is 11.9 Å². The van der Waals surface area contributed by atoms with Crippen LogP contribution < -0.4 is 11.1 Å². The summed E-state index contributed by atoms with van der Waals surface area (Å²) in [4.78, 5) is 0. The van der Waals surface area contributed by atoms with Crippen LogP contribution in [0.5, 0.6) is 0 Å². The van der Waals surface area contributed by atoms with E-state index in [4.69, 9.17) is 17.3 Å². The van der Waals surface area contributed by atoms with Gasteiger partial charge in [-0.25, -0.2) is 0 Å². The molecular formula is C20H22ClF3N4S. The molecule has 0 radical (unpaired) electrons. The predicted octanol–water partition coefficient (Wildman–Crippen LogP) is 5.68. The van der Waals surface area contributed by atoms with Gasteiger partial charge in [-0.3, -0.25) is 4.68 Å². The lowest BCUT2D eigenvalue weighted by molar-refractivity contribution is -0.138. The third kappa shape index (κ3) is 5.12. The van der Waals surface area contributed by atoms with Gasteiger partial charge in [-0.2, -0.15) is 18.3 Å². The fourth-order valence-corrected chi connectivity index (χ4v) is 4.32. The van der Waals surface area contributed by atoms with Gasteiger partial charge in [0, 0.05) is 30.1 Å². The maximum atomic E-state index is 13.3. The highest BCUT2D eigenvalue weighted by Gasteiger charge is 2.33. The molecule has 0 saturated heterocycles. The number of nitrogens with zero attached hydrogens (tertiary/aromatic N) is 2. The van der Waals surface area contributed by atoms with E-state index in [9.17, 15) is 13.2 Å². The van der Waals surface area contributed by atoms with Gasteiger partial charge in [0.05, 0.1) is 27.5 Å². The van der Waals surface area contributed by atoms with E-state index in [1.54, 1.807) is 12.3 Å². The van der Waals surface area contributed by atoms with Crippen molar-refractivity contribution >= 4 is 27.9 Å². The second-order valence-electron chi connectivity index (χ2n) is 6.70. The van der Waals surface area contributed by atoms with Crippen molar-refractivity contribution in [2.45, 2.75) is 38.5 Å². The Bertz CT molecular complexity index is 951. The van der Waals surface area contributed by atoms with Crippen LogP contribution in [0, 0.1) is 0 Å². The van der Waals surface area contributed by atoms with Crippen LogP contribution in [0.3, 0.4) is 0 Å². The van der Waals surface area contributed by atoms with E-state index >= 15 is 0 Å². The number of nitrogens with two attached hydrogens (primary N) is 1. The molecular weight excluding hydrogens is 421 g/mol. The molecule has 2 aromatic heterocycles. The van der Waals surface area contributed by atoms with Crippen molar-refractivity contribution in [2.24, 2.45) is 5.73 Å². The standard InChI is InChI=1S/C20H22ClF3N4S/c1-2-7-28-19(17(21)11-26-28)14-9-18(29-12-14)27-15(10-25)8-13-5-3-4-6-16(13)20(22,23)24/h3-6,9,11-12,15,27H,2,7-8,10,25H2,1H3/t15-/m0/s1. The third-order valence-corrected chi connectivity index (χ3v) is 5.66. The number of hydrogen-bond donors (Lipinski definition) is 2. The molecule has 3 aromatic rings. The molecule has 0 aliphatic carbocycles. The maximum absolute atomic E-state index is 13.3. The summed E-state index contributed by atoms with van der Waals surface area (Å²) in [7, 11) is 0. The number of anilines is 1. The van der Waals surface area contributed by atoms with Crippen molar-refractivity contribution < 1.29 is 13.2 Å². The minimum Gasteiger partial charge on any atom is -0.373 e. The van der Waals surface area contributed by atoms with Gasteiger partial charge in [-0.15, -0.1) is 11.3 Å². The predicted molar refractivity (Wildman–Crippen MR) is 112 cm³/mol. The SMILES string of the molecule is CCCn1ncc(Cl)c1-c1csc(N[C@H](CN)Cc2ccccc2C(F)(F)F)c1. The average Bonchev–Trinajstić information content (AvgIpc) is 3.27. The topological polar surface area (TPSA) is 55.9 Å². The summed E-state index contributed by atoms with van der Waals surface area (Å²) in [5.74, 6) is 0. The van der Waals surface area contributed by atoms with Gasteiger partial charge in [0.25, 0.3) is 0 Å². The Hall–Kier alpha value is -2.03. The number of alkyl halides is 3. The Morgan fingerprint density at radius 1 is 1.31 bits per heavy atom. The number of aryl methyl sites for hydroxylation is 1. The summed E-state index contributed by atoms with van der Waals surface area (Å²) in [6, 6.07) is 7.20. The minimum absolute atomic E-state index is 0.175. The first-order chi connectivity index (χ1) is 13.8. The molecule has 3 rings (SSSR count). The number of benzene rings is 1. The Labute approximate surface area is 176 Å². The van der Waals surface area contributed by atoms with E-state index in [-0.39, 0.29) is 24.6 Å². The molecule has 3 N–H and O–H groups in total. The van der Waals surface area contributed by atoms with Crippen LogP contribution >= 0.6 is 22.9 Å². The van der Waals surface area contributed by atoms with Gasteiger partial charge in [-0.05, 0) is 30.5 Å². The smallest absolute Gasteiger partial charge is 0.373 e. The number of hydrogen-bond acceptors (Lipinski definition) is 4. The van der Waals surface area contributed by atoms with Crippen LogP contribution in [0.25, 0.3) is 11.3 Å². The largest absolute Gasteiger partial charge is 0.416 e. The maximum Gasteiger partial charge on any atom is 0.416 e. The molecule has 0 bridgehead atoms. The van der Waals surface area contributed by atoms with Gasteiger partial charge in [0.2, 0.25) is 0 Å². The molecule has 2 heterocycles. The summed E-state index contributed by atoms with van der Waals surface area (Å²) in [5.41, 5.74) is 7.20. The van der Waals surface area contributed by atoms with Crippen molar-refractivity contribution in [3.8, 4) is 11.3 Å². The zero-order chi connectivity index (χ0) is 21.0. The van der Waals surface area contributed by atoms with Crippen molar-refractivity contribution in [3.63, 3.8) is 0 Å². The van der Waals surface area contributed by atoms with Crippen LogP contribution in [-0.2, 0) is 19.1 Å². The fraction of sp³-hybridized carbons (Fsp3) is 0.350. The molecule has 156 valence electrons. The molecule has 4 nitrogen and oxygen atoms in total. The number of rotatable bonds is 8. The Kier molecular flexibility index (Phi) is 6.87. The molecule has 0 saturated carbocycles. The van der Waals surface area contributed by atoms with Crippen molar-refractivity contribution in [3.05, 3.63) is 58.1 Å². The molecule has 0 unspecified atom stereocenters. The highest BCUT2D eigenvalue weighted by molar-refractivity contribution is 7.14. The fourth-order valence-electron chi connectivity index (χ4n) is 3.20. The van der Waals surface area contributed by atoms with E-state index in [1.165, 1.54) is 23.5 Å². The number of aromatic nitrogens is 2. The second kappa shape index (κ2) is 9.19. The van der Waals surface area contributed by atoms with Crippen molar-refractivity contribution in [1.29, 1.82) is 0 Å². The molecule has 9 heteroatoms. The first-order valence-corrected chi connectivity index (χ1v) is 10.5. The van der Waals surface area contributed by atoms with Crippen molar-refractivity contribution in [1.82, 2.24) is 9.78 Å². The van der Waals surface area contributed by atoms with E-state index in [1.807, 2.05) is 16.1 Å². The summed E-state index contributed by atoms with van der Waals surface area (Å²) in [6.45, 7) is 3.01. The lowest BCUT2D eigenvalue weighted by Crippen LogP contribution is -2.31. The Morgan fingerprint density at radius 2 is 2.07 bits per heavy atom. The third-order valence-electron chi connectivity index (χ3n) is 4.52. The van der Waals surface area contributed by atoms with Crippen LogP contribution in [0.4, 0.5) is 18.2 Å². The van der Waals surface area contributed by atoms with E-state index in [2.05, 4.69) is 17.3 Å². The van der Waals surface area contributed by atoms with Gasteiger partial charge in [0.1, 0.15) is 0 Å². The summed E-state index contributed by atoms with van der Waals surface area (Å²) < 4.78 is 41.6. The van der Waals surface area contributed by atoms with Gasteiger partial charge in [-0.1, -0.05) is 36.7 Å². The van der Waals surface area contributed by atoms with Crippen LogP contribution in [0.2, 0.25) is 5.02 Å². The zero-order valence-electron chi connectivity index (χ0n) is 15.8. The van der Waals surface area contributed by atoms with E-state index in [0.717, 1.165) is 35.3 Å². The Balaban J connectivity index is 1.78. The van der Waals surface area contributed by atoms with E-state index in [0.29, 0.717) is 5.02 Å². The second-order valence-corrected chi connectivity index (χ2v) is 8.02. The van der Waals surface area contributed by atoms with Crippen LogP contribution in [0.15, 0.2) is 41.9 Å². The molecule has 1 atom stereocenters. The van der Waals surface area contributed by atoms with Gasteiger partial charge < -0.3 is 11.1 Å². The molecule has 0 spiro atoms. The zero-order valence-corrected chi connectivity index (χ0v) is 17.4. The van der Waals surface area contributed by atoms with Crippen LogP contribution in [0.1, 0.15) is 24.5 Å². The normalized spacial score (nSPS) is 12.9. The quantitative estimate of drug-likeness (QED) is 0.472. The summed E-state index contributed by atoms with van der Waals surface area (Å²) >= 11 is 7.76. The molecule has 0 aliphatic heterocycles. The lowest BCUT2D eigenvalue weighted by atomic mass is 10.00. The average molecular weight is 443 g/mol. The summed E-state index contributed by atoms with van der Waals surface area (Å²) in [6.07, 6.45) is -1.67. The lowest BCUT2D eigenvalue weighted by Gasteiger charge is -2.19. The first-order valence-electron chi connectivity index (χ1n) is 9.25. The molecule has 0 fully saturated rings. The summed E-state index contributed by atoms with van der Waals surface area (Å²) in [5, 5.41) is 10.9. The van der Waals surface area contributed by atoms with E-state index < -0.39 is 11.7 Å². The number of halogens is 4. The molecule has 0 aliphatic rings. The highest BCUT2D eigenvalue weighted by atomic mass is 35.5. The number of thiophene rings is 1. The monoisotopic (exact) mass is 442 g/mol. The molecule has 1 aromatic carbocycles. The minimum atomic E-state index is -4.39. The molecule has 29 heavy (non-hydrogen) atoms. The first kappa shape index (κ1) is 21.7. The Morgan fingerprint density at radius 3 is 2.76 bits per heavy atom. The van der Waals surface area contributed by atoms with Gasteiger partial charge in [0.15, 0.2) is 0 Å².